The summed E-state index contributed by atoms with van der Waals surface area (Å²) >= 11 is 5.01. The number of nitrogens with zero attached hydrogens (tertiary/aromatic N) is 1. The highest BCUT2D eigenvalue weighted by atomic mass is 32.1. The average Bonchev–Trinajstić information content (AvgIpc) is 2.24. The van der Waals surface area contributed by atoms with Gasteiger partial charge >= 0.3 is 0 Å². The number of nitrogens with one attached hydrogen (secondary N) is 1. The summed E-state index contributed by atoms with van der Waals surface area (Å²) in [7, 11) is 0. The molecule has 0 saturated carbocycles. The van der Waals surface area contributed by atoms with Gasteiger partial charge < -0.3 is 4.98 Å². The van der Waals surface area contributed by atoms with Crippen LogP contribution in [-0.4, -0.2) is 9.55 Å². The van der Waals surface area contributed by atoms with E-state index in [-0.39, 0.29) is 15.8 Å². The number of H-pyrrole nitrogens is 1. The van der Waals surface area contributed by atoms with Crippen LogP contribution in [0.15, 0.2) is 16.9 Å². The molecule has 5 heteroatoms. The molecule has 84 valence electrons. The lowest BCUT2D eigenvalue weighted by atomic mass is 10.1. The molecule has 0 fully saturated rings. The number of hydrogen-bond acceptors (Lipinski definition) is 2. The monoisotopic (exact) mass is 238 g/mol. The number of benzene rings is 1. The molecule has 1 aromatic carbocycles. The predicted molar refractivity (Wildman–Crippen MR) is 63.8 cm³/mol. The van der Waals surface area contributed by atoms with Gasteiger partial charge in [-0.25, -0.2) is 4.39 Å². The molecule has 3 nitrogen and oxygen atoms in total. The molecule has 0 aliphatic heterocycles. The second kappa shape index (κ2) is 3.83. The first-order chi connectivity index (χ1) is 7.56. The van der Waals surface area contributed by atoms with Gasteiger partial charge in [0.15, 0.2) is 4.77 Å². The van der Waals surface area contributed by atoms with Gasteiger partial charge in [0.2, 0.25) is 0 Å². The van der Waals surface area contributed by atoms with Crippen molar-refractivity contribution in [3.8, 4) is 0 Å². The van der Waals surface area contributed by atoms with Gasteiger partial charge in [0.1, 0.15) is 5.82 Å². The highest BCUT2D eigenvalue weighted by Crippen LogP contribution is 2.15. The first kappa shape index (κ1) is 11.0. The fraction of sp³-hybridized carbons (Fsp3) is 0.273. The lowest BCUT2D eigenvalue weighted by Crippen LogP contribution is -2.22. The van der Waals surface area contributed by atoms with Crippen molar-refractivity contribution in [2.75, 3.05) is 0 Å². The highest BCUT2D eigenvalue weighted by Gasteiger charge is 2.10. The summed E-state index contributed by atoms with van der Waals surface area (Å²) in [4.78, 5) is 14.8. The minimum Gasteiger partial charge on any atom is -0.329 e. The van der Waals surface area contributed by atoms with Gasteiger partial charge in [0.05, 0.1) is 10.9 Å². The summed E-state index contributed by atoms with van der Waals surface area (Å²) in [6.45, 7) is 4.08. The number of hydrogen-bond donors (Lipinski definition) is 1. The number of fused-ring (bicyclic) bond motifs is 1. The van der Waals surface area contributed by atoms with E-state index < -0.39 is 5.82 Å². The summed E-state index contributed by atoms with van der Waals surface area (Å²) in [5.41, 5.74) is 0.702. The Bertz CT molecular complexity index is 672. The van der Waals surface area contributed by atoms with Crippen LogP contribution in [-0.2, 0) is 6.54 Å². The number of aromatic nitrogens is 2. The van der Waals surface area contributed by atoms with Gasteiger partial charge in [-0.05, 0) is 37.7 Å². The Morgan fingerprint density at radius 1 is 1.50 bits per heavy atom. The molecule has 0 spiro atoms. The molecule has 0 bridgehead atoms. The van der Waals surface area contributed by atoms with E-state index in [4.69, 9.17) is 12.2 Å². The Morgan fingerprint density at radius 2 is 2.19 bits per heavy atom. The Balaban J connectivity index is 3.11. The fourth-order valence-corrected chi connectivity index (χ4v) is 2.08. The molecular weight excluding hydrogens is 227 g/mol. The topological polar surface area (TPSA) is 37.8 Å². The van der Waals surface area contributed by atoms with Crippen molar-refractivity contribution in [2.45, 2.75) is 20.4 Å². The molecule has 0 radical (unpaired) electrons. The van der Waals surface area contributed by atoms with Crippen LogP contribution in [0.4, 0.5) is 4.39 Å². The van der Waals surface area contributed by atoms with Crippen LogP contribution in [0.3, 0.4) is 0 Å². The third-order valence-corrected chi connectivity index (χ3v) is 2.94. The first-order valence-electron chi connectivity index (χ1n) is 4.98. The van der Waals surface area contributed by atoms with E-state index in [2.05, 4.69) is 4.98 Å². The summed E-state index contributed by atoms with van der Waals surface area (Å²) in [6.07, 6.45) is 0. The van der Waals surface area contributed by atoms with Crippen molar-refractivity contribution < 1.29 is 4.39 Å². The van der Waals surface area contributed by atoms with E-state index in [1.807, 2.05) is 6.92 Å². The van der Waals surface area contributed by atoms with Crippen molar-refractivity contribution in [3.63, 3.8) is 0 Å². The number of aryl methyl sites for hydroxylation is 1. The summed E-state index contributed by atoms with van der Waals surface area (Å²) in [5.74, 6) is -0.452. The highest BCUT2D eigenvalue weighted by molar-refractivity contribution is 7.71. The molecule has 1 N–H and O–H groups in total. The van der Waals surface area contributed by atoms with Crippen molar-refractivity contribution in [2.24, 2.45) is 0 Å². The van der Waals surface area contributed by atoms with Crippen LogP contribution in [0.5, 0.6) is 0 Å². The van der Waals surface area contributed by atoms with E-state index in [0.717, 1.165) is 5.56 Å². The van der Waals surface area contributed by atoms with Crippen molar-refractivity contribution >= 4 is 23.1 Å². The number of aromatic amines is 1. The summed E-state index contributed by atoms with van der Waals surface area (Å²) in [6, 6.07) is 2.93. The number of rotatable bonds is 1. The largest absolute Gasteiger partial charge is 0.329 e. The summed E-state index contributed by atoms with van der Waals surface area (Å²) < 4.78 is 15.2. The van der Waals surface area contributed by atoms with Gasteiger partial charge in [0.25, 0.3) is 5.56 Å². The molecule has 2 aromatic rings. The molecule has 1 aromatic heterocycles. The van der Waals surface area contributed by atoms with Crippen molar-refractivity contribution in [1.29, 1.82) is 0 Å². The molecule has 0 aliphatic rings. The van der Waals surface area contributed by atoms with Crippen molar-refractivity contribution in [3.05, 3.63) is 38.6 Å². The first-order valence-corrected chi connectivity index (χ1v) is 5.39. The van der Waals surface area contributed by atoms with Gasteiger partial charge in [-0.1, -0.05) is 6.07 Å². The molecule has 0 amide bonds. The zero-order chi connectivity index (χ0) is 11.9. The van der Waals surface area contributed by atoms with E-state index in [1.165, 1.54) is 10.6 Å². The maximum absolute atomic E-state index is 13.5. The molecule has 16 heavy (non-hydrogen) atoms. The molecule has 0 aliphatic carbocycles. The van der Waals surface area contributed by atoms with Gasteiger partial charge in [-0.15, -0.1) is 0 Å². The molecule has 0 atom stereocenters. The lowest BCUT2D eigenvalue weighted by molar-refractivity contribution is 0.631. The zero-order valence-corrected chi connectivity index (χ0v) is 9.82. The maximum atomic E-state index is 13.5. The Labute approximate surface area is 96.5 Å². The average molecular weight is 238 g/mol. The van der Waals surface area contributed by atoms with E-state index in [0.29, 0.717) is 11.9 Å². The second-order valence-corrected chi connectivity index (χ2v) is 3.98. The number of halogens is 1. The van der Waals surface area contributed by atoms with Crippen molar-refractivity contribution in [1.82, 2.24) is 9.55 Å². The quantitative estimate of drug-likeness (QED) is 0.775. The van der Waals surface area contributed by atoms with E-state index in [1.54, 1.807) is 13.0 Å². The van der Waals surface area contributed by atoms with Crippen LogP contribution >= 0.6 is 12.2 Å². The van der Waals surface area contributed by atoms with Gasteiger partial charge in [-0.3, -0.25) is 9.36 Å². The maximum Gasteiger partial charge on any atom is 0.262 e. The molecule has 0 saturated heterocycles. The molecule has 2 rings (SSSR count). The molecular formula is C11H11FN2OS. The van der Waals surface area contributed by atoms with Gasteiger partial charge in [-0.2, -0.15) is 0 Å². The van der Waals surface area contributed by atoms with E-state index >= 15 is 0 Å². The smallest absolute Gasteiger partial charge is 0.262 e. The SMILES string of the molecule is CCn1c(=S)[nH]c2c(F)ccc(C)c2c1=O. The lowest BCUT2D eigenvalue weighted by Gasteiger charge is -2.07. The van der Waals surface area contributed by atoms with Crippen LogP contribution in [0.25, 0.3) is 10.9 Å². The predicted octanol–water partition coefficient (Wildman–Crippen LogP) is 2.53. The third-order valence-electron chi connectivity index (χ3n) is 2.62. The van der Waals surface area contributed by atoms with E-state index in [9.17, 15) is 9.18 Å². The van der Waals surface area contributed by atoms with Crippen LogP contribution in [0, 0.1) is 17.5 Å². The van der Waals surface area contributed by atoms with Gasteiger partial charge in [0, 0.05) is 6.54 Å². The third kappa shape index (κ3) is 1.48. The Hall–Kier alpha value is -1.49. The second-order valence-electron chi connectivity index (χ2n) is 3.59. The molecule has 1 heterocycles. The molecule has 0 unspecified atom stereocenters. The van der Waals surface area contributed by atoms with Crippen LogP contribution in [0.1, 0.15) is 12.5 Å². The fourth-order valence-electron chi connectivity index (χ4n) is 1.77. The Morgan fingerprint density at radius 3 is 2.81 bits per heavy atom. The minimum absolute atomic E-state index is 0.194. The normalized spacial score (nSPS) is 10.9. The minimum atomic E-state index is -0.452. The van der Waals surface area contributed by atoms with Crippen LogP contribution < -0.4 is 5.56 Å². The summed E-state index contributed by atoms with van der Waals surface area (Å²) in [5, 5.41) is 0.371. The zero-order valence-electron chi connectivity index (χ0n) is 9.00. The standard InChI is InChI=1S/C11H11FN2OS/c1-3-14-10(15)8-6(2)4-5-7(12)9(8)13-11(14)16/h4-5H,3H2,1-2H3,(H,13,16). The Kier molecular flexibility index (Phi) is 2.63. The van der Waals surface area contributed by atoms with Crippen LogP contribution in [0.2, 0.25) is 0 Å².